The fourth-order valence-electron chi connectivity index (χ4n) is 1.84. The molecule has 0 aliphatic carbocycles. The molecule has 1 aromatic carbocycles. The molecule has 0 fully saturated rings. The lowest BCUT2D eigenvalue weighted by atomic mass is 10.2. The van der Waals surface area contributed by atoms with Crippen LogP contribution in [0.1, 0.15) is 39.0 Å². The molecule has 0 saturated carbocycles. The van der Waals surface area contributed by atoms with Crippen molar-refractivity contribution >= 4 is 5.69 Å². The van der Waals surface area contributed by atoms with Gasteiger partial charge in [0.05, 0.1) is 0 Å². The van der Waals surface area contributed by atoms with Crippen LogP contribution in [0.3, 0.4) is 0 Å². The van der Waals surface area contributed by atoms with E-state index < -0.39 is 0 Å². The van der Waals surface area contributed by atoms with Gasteiger partial charge in [-0.3, -0.25) is 0 Å². The molecule has 1 aromatic rings. The van der Waals surface area contributed by atoms with Crippen molar-refractivity contribution in [3.63, 3.8) is 0 Å². The lowest BCUT2D eigenvalue weighted by Gasteiger charge is -2.24. The summed E-state index contributed by atoms with van der Waals surface area (Å²) in [5.41, 5.74) is 1.36. The summed E-state index contributed by atoms with van der Waals surface area (Å²) in [7, 11) is 0. The molecule has 1 heteroatoms. The van der Waals surface area contributed by atoms with Crippen LogP contribution < -0.4 is 4.90 Å². The molecule has 1 rings (SSSR count). The maximum atomic E-state index is 3.90. The van der Waals surface area contributed by atoms with Gasteiger partial charge < -0.3 is 4.90 Å². The zero-order valence-corrected chi connectivity index (χ0v) is 10.5. The Kier molecular flexibility index (Phi) is 6.71. The van der Waals surface area contributed by atoms with E-state index >= 15 is 0 Å². The molecule has 0 N–H and O–H groups in total. The highest BCUT2D eigenvalue weighted by Gasteiger charge is 2.04. The van der Waals surface area contributed by atoms with Gasteiger partial charge in [0.25, 0.3) is 0 Å². The van der Waals surface area contributed by atoms with Gasteiger partial charge in [-0.15, -0.1) is 0 Å². The van der Waals surface area contributed by atoms with Crippen molar-refractivity contribution in [2.45, 2.75) is 39.0 Å². The summed E-state index contributed by atoms with van der Waals surface area (Å²) < 4.78 is 0. The van der Waals surface area contributed by atoms with Crippen molar-refractivity contribution in [2.24, 2.45) is 0 Å². The maximum Gasteiger partial charge on any atom is 0.0366 e. The minimum atomic E-state index is 1.05. The van der Waals surface area contributed by atoms with Crippen LogP contribution >= 0.6 is 0 Å². The van der Waals surface area contributed by atoms with Crippen LogP contribution in [0.25, 0.3) is 0 Å². The molecule has 0 saturated heterocycles. The van der Waals surface area contributed by atoms with E-state index in [1.54, 1.807) is 0 Å². The first-order valence-electron chi connectivity index (χ1n) is 6.47. The van der Waals surface area contributed by atoms with Gasteiger partial charge in [0.15, 0.2) is 0 Å². The highest BCUT2D eigenvalue weighted by Crippen LogP contribution is 2.15. The number of hydrogen-bond acceptors (Lipinski definition) is 1. The fraction of sp³-hybridized carbons (Fsp3) is 0.533. The normalized spacial score (nSPS) is 10.4. The molecule has 16 heavy (non-hydrogen) atoms. The Morgan fingerprint density at radius 3 is 2.31 bits per heavy atom. The minimum absolute atomic E-state index is 1.05. The van der Waals surface area contributed by atoms with Crippen LogP contribution in [0, 0.1) is 6.92 Å². The smallest absolute Gasteiger partial charge is 0.0366 e. The van der Waals surface area contributed by atoms with E-state index in [2.05, 4.69) is 49.1 Å². The molecule has 0 aromatic heterocycles. The zero-order valence-electron chi connectivity index (χ0n) is 10.5. The Morgan fingerprint density at radius 1 is 1.00 bits per heavy atom. The number of anilines is 1. The summed E-state index contributed by atoms with van der Waals surface area (Å²) in [6.07, 6.45) is 6.08. The first kappa shape index (κ1) is 13.1. The van der Waals surface area contributed by atoms with Crippen molar-refractivity contribution < 1.29 is 0 Å². The van der Waals surface area contributed by atoms with Crippen molar-refractivity contribution in [2.75, 3.05) is 18.0 Å². The molecule has 0 aliphatic rings. The molecule has 0 aliphatic heterocycles. The molecule has 0 unspecified atom stereocenters. The van der Waals surface area contributed by atoms with E-state index in [-0.39, 0.29) is 0 Å². The Morgan fingerprint density at radius 2 is 1.69 bits per heavy atom. The molecule has 1 radical (unpaired) electrons. The lowest BCUT2D eigenvalue weighted by molar-refractivity contribution is 0.663. The molecular formula is C15H24N. The van der Waals surface area contributed by atoms with Crippen LogP contribution in [-0.4, -0.2) is 13.1 Å². The molecule has 0 heterocycles. The van der Waals surface area contributed by atoms with Gasteiger partial charge in [0, 0.05) is 18.8 Å². The molecule has 0 atom stereocenters. The van der Waals surface area contributed by atoms with Crippen molar-refractivity contribution in [1.29, 1.82) is 0 Å². The third kappa shape index (κ3) is 4.69. The van der Waals surface area contributed by atoms with Gasteiger partial charge in [-0.25, -0.2) is 0 Å². The Balaban J connectivity index is 2.49. The summed E-state index contributed by atoms with van der Waals surface area (Å²) in [6.45, 7) is 8.49. The quantitative estimate of drug-likeness (QED) is 0.588. The summed E-state index contributed by atoms with van der Waals surface area (Å²) in [5.74, 6) is 0. The van der Waals surface area contributed by atoms with E-state index in [0.29, 0.717) is 0 Å². The standard InChI is InChI=1S/C15H24N/c1-3-5-10-14-16(13-6-4-2)15-11-8-7-9-12-15/h7-9,11-12H,1,3-6,10,13-14H2,2H3. The first-order valence-corrected chi connectivity index (χ1v) is 6.47. The van der Waals surface area contributed by atoms with Crippen molar-refractivity contribution in [3.8, 4) is 0 Å². The SMILES string of the molecule is [CH2]CCCCN(CCCC)c1ccccc1. The number of nitrogens with zero attached hydrogens (tertiary/aromatic N) is 1. The summed E-state index contributed by atoms with van der Waals surface area (Å²) >= 11 is 0. The summed E-state index contributed by atoms with van der Waals surface area (Å²) in [4.78, 5) is 2.50. The Hall–Kier alpha value is -0.980. The molecule has 0 amide bonds. The molecule has 0 spiro atoms. The molecule has 89 valence electrons. The molecule has 0 bridgehead atoms. The van der Waals surface area contributed by atoms with Crippen LogP contribution in [-0.2, 0) is 0 Å². The van der Waals surface area contributed by atoms with E-state index in [1.165, 1.54) is 44.5 Å². The minimum Gasteiger partial charge on any atom is -0.372 e. The number of benzene rings is 1. The Bertz CT molecular complexity index is 255. The third-order valence-electron chi connectivity index (χ3n) is 2.83. The van der Waals surface area contributed by atoms with Crippen molar-refractivity contribution in [3.05, 3.63) is 37.3 Å². The predicted octanol–water partition coefficient (Wildman–Crippen LogP) is 4.30. The van der Waals surface area contributed by atoms with Gasteiger partial charge in [-0.1, -0.05) is 51.3 Å². The van der Waals surface area contributed by atoms with Gasteiger partial charge in [0.2, 0.25) is 0 Å². The number of para-hydroxylation sites is 1. The first-order chi connectivity index (χ1) is 7.88. The Labute approximate surface area is 100 Å². The molecule has 1 nitrogen and oxygen atoms in total. The second kappa shape index (κ2) is 8.20. The van der Waals surface area contributed by atoms with Gasteiger partial charge in [0.1, 0.15) is 0 Å². The van der Waals surface area contributed by atoms with Gasteiger partial charge in [-0.05, 0) is 25.0 Å². The summed E-state index contributed by atoms with van der Waals surface area (Å²) in [5, 5.41) is 0. The monoisotopic (exact) mass is 218 g/mol. The van der Waals surface area contributed by atoms with E-state index in [9.17, 15) is 0 Å². The highest BCUT2D eigenvalue weighted by atomic mass is 15.1. The maximum absolute atomic E-state index is 3.90. The topological polar surface area (TPSA) is 3.24 Å². The average Bonchev–Trinajstić information content (AvgIpc) is 2.35. The number of hydrogen-bond donors (Lipinski definition) is 0. The van der Waals surface area contributed by atoms with E-state index in [0.717, 1.165) is 6.42 Å². The predicted molar refractivity (Wildman–Crippen MR) is 72.8 cm³/mol. The van der Waals surface area contributed by atoms with Crippen molar-refractivity contribution in [1.82, 2.24) is 0 Å². The number of unbranched alkanes of at least 4 members (excludes halogenated alkanes) is 3. The summed E-state index contributed by atoms with van der Waals surface area (Å²) in [6, 6.07) is 10.7. The van der Waals surface area contributed by atoms with Crippen LogP contribution in [0.4, 0.5) is 5.69 Å². The lowest BCUT2D eigenvalue weighted by Crippen LogP contribution is -2.25. The van der Waals surface area contributed by atoms with Gasteiger partial charge >= 0.3 is 0 Å². The van der Waals surface area contributed by atoms with Crippen LogP contribution in [0.2, 0.25) is 0 Å². The van der Waals surface area contributed by atoms with E-state index in [1.807, 2.05) is 0 Å². The van der Waals surface area contributed by atoms with E-state index in [4.69, 9.17) is 0 Å². The highest BCUT2D eigenvalue weighted by molar-refractivity contribution is 5.45. The molecular weight excluding hydrogens is 194 g/mol. The largest absolute Gasteiger partial charge is 0.372 e. The van der Waals surface area contributed by atoms with Crippen LogP contribution in [0.15, 0.2) is 30.3 Å². The van der Waals surface area contributed by atoms with Crippen LogP contribution in [0.5, 0.6) is 0 Å². The average molecular weight is 218 g/mol. The number of rotatable bonds is 8. The zero-order chi connectivity index (χ0) is 11.6. The third-order valence-corrected chi connectivity index (χ3v) is 2.83. The second-order valence-electron chi connectivity index (χ2n) is 4.24. The fourth-order valence-corrected chi connectivity index (χ4v) is 1.84. The second-order valence-corrected chi connectivity index (χ2v) is 4.24. The van der Waals surface area contributed by atoms with Gasteiger partial charge in [-0.2, -0.15) is 0 Å².